The molecule has 6 heteroatoms. The first-order valence-electron chi connectivity index (χ1n) is 7.52. The first-order chi connectivity index (χ1) is 10.4. The van der Waals surface area contributed by atoms with E-state index in [4.69, 9.17) is 17.3 Å². The fourth-order valence-corrected chi connectivity index (χ4v) is 2.60. The fraction of sp³-hybridized carbons (Fsp3) is 0.562. The standard InChI is InChI=1S/C16H25ClN4S/c1-16(2,22-3)12-19-15(18)21-10-8-20(9-11-21)14-6-4-13(17)5-7-14/h4-7H,8-12H2,1-3H3,(H2,18,19). The van der Waals surface area contributed by atoms with Crippen molar-refractivity contribution in [2.75, 3.05) is 43.9 Å². The summed E-state index contributed by atoms with van der Waals surface area (Å²) in [7, 11) is 0. The summed E-state index contributed by atoms with van der Waals surface area (Å²) in [6.07, 6.45) is 2.11. The lowest BCUT2D eigenvalue weighted by Gasteiger charge is -2.36. The molecule has 0 amide bonds. The molecule has 1 aromatic carbocycles. The van der Waals surface area contributed by atoms with Gasteiger partial charge in [0.2, 0.25) is 0 Å². The molecule has 0 aromatic heterocycles. The number of hydrogen-bond acceptors (Lipinski definition) is 3. The largest absolute Gasteiger partial charge is 0.370 e. The number of rotatable bonds is 4. The Morgan fingerprint density at radius 2 is 1.82 bits per heavy atom. The van der Waals surface area contributed by atoms with Crippen LogP contribution in [0, 0.1) is 0 Å². The first-order valence-corrected chi connectivity index (χ1v) is 9.12. The summed E-state index contributed by atoms with van der Waals surface area (Å²) >= 11 is 7.75. The molecule has 0 aliphatic carbocycles. The molecule has 0 atom stereocenters. The van der Waals surface area contributed by atoms with Gasteiger partial charge in [0.15, 0.2) is 5.96 Å². The zero-order valence-electron chi connectivity index (χ0n) is 13.6. The van der Waals surface area contributed by atoms with E-state index in [1.54, 1.807) is 0 Å². The first kappa shape index (κ1) is 17.3. The van der Waals surface area contributed by atoms with E-state index in [1.807, 2.05) is 23.9 Å². The molecule has 4 nitrogen and oxygen atoms in total. The predicted molar refractivity (Wildman–Crippen MR) is 99.3 cm³/mol. The van der Waals surface area contributed by atoms with Crippen LogP contribution < -0.4 is 10.6 Å². The van der Waals surface area contributed by atoms with Gasteiger partial charge in [0.05, 0.1) is 6.54 Å². The zero-order chi connectivity index (χ0) is 16.2. The van der Waals surface area contributed by atoms with E-state index in [1.165, 1.54) is 5.69 Å². The molecule has 0 bridgehead atoms. The van der Waals surface area contributed by atoms with Crippen molar-refractivity contribution in [1.82, 2.24) is 4.90 Å². The highest BCUT2D eigenvalue weighted by Gasteiger charge is 2.20. The Morgan fingerprint density at radius 3 is 2.36 bits per heavy atom. The normalized spacial score (nSPS) is 17.0. The van der Waals surface area contributed by atoms with Crippen LogP contribution in [0.3, 0.4) is 0 Å². The lowest BCUT2D eigenvalue weighted by Crippen LogP contribution is -2.51. The number of thioether (sulfide) groups is 1. The summed E-state index contributed by atoms with van der Waals surface area (Å²) in [6.45, 7) is 8.82. The van der Waals surface area contributed by atoms with Gasteiger partial charge in [-0.25, -0.2) is 0 Å². The minimum absolute atomic E-state index is 0.135. The van der Waals surface area contributed by atoms with Crippen LogP contribution in [-0.2, 0) is 0 Å². The number of piperazine rings is 1. The van der Waals surface area contributed by atoms with Crippen LogP contribution >= 0.6 is 23.4 Å². The van der Waals surface area contributed by atoms with Crippen LogP contribution in [0.4, 0.5) is 5.69 Å². The SMILES string of the molecule is CSC(C)(C)CN=C(N)N1CCN(c2ccc(Cl)cc2)CC1. The van der Waals surface area contributed by atoms with Crippen molar-refractivity contribution in [1.29, 1.82) is 0 Å². The average molecular weight is 341 g/mol. The van der Waals surface area contributed by atoms with Gasteiger partial charge in [-0.15, -0.1) is 0 Å². The molecule has 1 saturated heterocycles. The Bertz CT molecular complexity index is 507. The average Bonchev–Trinajstić information content (AvgIpc) is 2.54. The summed E-state index contributed by atoms with van der Waals surface area (Å²) in [5.41, 5.74) is 7.36. The molecule has 0 spiro atoms. The quantitative estimate of drug-likeness (QED) is 0.676. The molecular formula is C16H25ClN4S. The number of aliphatic imine (C=N–C) groups is 1. The minimum atomic E-state index is 0.135. The van der Waals surface area contributed by atoms with E-state index in [0.29, 0.717) is 5.96 Å². The summed E-state index contributed by atoms with van der Waals surface area (Å²) in [5, 5.41) is 0.773. The van der Waals surface area contributed by atoms with Crippen molar-refractivity contribution in [2.45, 2.75) is 18.6 Å². The number of guanidine groups is 1. The molecular weight excluding hydrogens is 316 g/mol. The molecule has 1 aromatic rings. The Morgan fingerprint density at radius 1 is 1.23 bits per heavy atom. The number of hydrogen-bond donors (Lipinski definition) is 1. The molecule has 2 rings (SSSR count). The molecule has 122 valence electrons. The Kier molecular flexibility index (Phi) is 5.87. The summed E-state index contributed by atoms with van der Waals surface area (Å²) < 4.78 is 0.135. The third-order valence-electron chi connectivity index (χ3n) is 3.97. The van der Waals surface area contributed by atoms with E-state index in [0.717, 1.165) is 37.7 Å². The zero-order valence-corrected chi connectivity index (χ0v) is 15.1. The number of nitrogens with zero attached hydrogens (tertiary/aromatic N) is 3. The third kappa shape index (κ3) is 4.71. The molecule has 1 aliphatic heterocycles. The number of halogens is 1. The second-order valence-corrected chi connectivity index (χ2v) is 8.04. The predicted octanol–water partition coefficient (Wildman–Crippen LogP) is 2.92. The van der Waals surface area contributed by atoms with Gasteiger partial charge < -0.3 is 15.5 Å². The maximum absolute atomic E-state index is 6.15. The highest BCUT2D eigenvalue weighted by atomic mass is 35.5. The molecule has 1 fully saturated rings. The molecule has 2 N–H and O–H groups in total. The summed E-state index contributed by atoms with van der Waals surface area (Å²) in [4.78, 5) is 9.09. The maximum atomic E-state index is 6.15. The van der Waals surface area contributed by atoms with E-state index >= 15 is 0 Å². The monoisotopic (exact) mass is 340 g/mol. The van der Waals surface area contributed by atoms with Gasteiger partial charge in [-0.2, -0.15) is 11.8 Å². The number of benzene rings is 1. The second kappa shape index (κ2) is 7.47. The fourth-order valence-electron chi connectivity index (χ4n) is 2.28. The van der Waals surface area contributed by atoms with Gasteiger partial charge in [-0.3, -0.25) is 4.99 Å². The lowest BCUT2D eigenvalue weighted by molar-refractivity contribution is 0.380. The van der Waals surface area contributed by atoms with Gasteiger partial charge in [0, 0.05) is 41.6 Å². The van der Waals surface area contributed by atoms with Gasteiger partial charge in [-0.05, 0) is 44.4 Å². The Labute approximate surface area is 142 Å². The van der Waals surface area contributed by atoms with Crippen molar-refractivity contribution in [3.05, 3.63) is 29.3 Å². The van der Waals surface area contributed by atoms with Crippen LogP contribution in [0.25, 0.3) is 0 Å². The highest BCUT2D eigenvalue weighted by molar-refractivity contribution is 7.99. The van der Waals surface area contributed by atoms with Crippen LogP contribution in [0.5, 0.6) is 0 Å². The van der Waals surface area contributed by atoms with Crippen molar-refractivity contribution in [3.63, 3.8) is 0 Å². The summed E-state index contributed by atoms with van der Waals surface area (Å²) in [6, 6.07) is 8.00. The van der Waals surface area contributed by atoms with Crippen LogP contribution in [-0.4, -0.2) is 54.6 Å². The smallest absolute Gasteiger partial charge is 0.191 e. The number of nitrogens with two attached hydrogens (primary N) is 1. The minimum Gasteiger partial charge on any atom is -0.370 e. The third-order valence-corrected chi connectivity index (χ3v) is 5.46. The highest BCUT2D eigenvalue weighted by Crippen LogP contribution is 2.22. The molecule has 0 saturated carbocycles. The van der Waals surface area contributed by atoms with Crippen molar-refractivity contribution >= 4 is 35.0 Å². The topological polar surface area (TPSA) is 44.9 Å². The molecule has 1 aliphatic rings. The molecule has 1 heterocycles. The van der Waals surface area contributed by atoms with Crippen molar-refractivity contribution in [3.8, 4) is 0 Å². The van der Waals surface area contributed by atoms with Gasteiger partial charge in [-0.1, -0.05) is 11.6 Å². The van der Waals surface area contributed by atoms with Crippen molar-refractivity contribution in [2.24, 2.45) is 10.7 Å². The summed E-state index contributed by atoms with van der Waals surface area (Å²) in [5.74, 6) is 0.665. The van der Waals surface area contributed by atoms with E-state index in [2.05, 4.69) is 47.0 Å². The van der Waals surface area contributed by atoms with Crippen LogP contribution in [0.1, 0.15) is 13.8 Å². The van der Waals surface area contributed by atoms with Gasteiger partial charge in [0.25, 0.3) is 0 Å². The maximum Gasteiger partial charge on any atom is 0.191 e. The van der Waals surface area contributed by atoms with E-state index in [-0.39, 0.29) is 4.75 Å². The molecule has 0 unspecified atom stereocenters. The van der Waals surface area contributed by atoms with Crippen LogP contribution in [0.15, 0.2) is 29.3 Å². The van der Waals surface area contributed by atoms with E-state index in [9.17, 15) is 0 Å². The number of anilines is 1. The lowest BCUT2D eigenvalue weighted by atomic mass is 10.2. The Hall–Kier alpha value is -1.07. The molecule has 0 radical (unpaired) electrons. The molecule has 22 heavy (non-hydrogen) atoms. The van der Waals surface area contributed by atoms with Crippen molar-refractivity contribution < 1.29 is 0 Å². The Balaban J connectivity index is 1.88. The van der Waals surface area contributed by atoms with Gasteiger partial charge in [0.1, 0.15) is 0 Å². The van der Waals surface area contributed by atoms with E-state index < -0.39 is 0 Å². The van der Waals surface area contributed by atoms with Crippen LogP contribution in [0.2, 0.25) is 5.02 Å². The second-order valence-electron chi connectivity index (χ2n) is 6.09. The van der Waals surface area contributed by atoms with Gasteiger partial charge >= 0.3 is 0 Å².